The van der Waals surface area contributed by atoms with E-state index >= 15 is 0 Å². The number of non-ortho nitro benzene ring substituents is 1. The number of para-hydroxylation sites is 1. The molecule has 3 rings (SSSR count). The molecule has 2 aromatic carbocycles. The number of aryl methyl sites for hydroxylation is 1. The molecule has 0 spiro atoms. The van der Waals surface area contributed by atoms with E-state index in [-0.39, 0.29) is 11.4 Å². The maximum Gasteiger partial charge on any atom is 0.307 e. The summed E-state index contributed by atoms with van der Waals surface area (Å²) in [6.45, 7) is 1.80. The third-order valence-electron chi connectivity index (χ3n) is 3.51. The number of nitro benzene ring substituents is 1. The molecule has 0 aliphatic rings. The topological polar surface area (TPSA) is 97.7 Å². The molecule has 0 aliphatic heterocycles. The lowest BCUT2D eigenvalue weighted by Crippen LogP contribution is -2.17. The zero-order valence-electron chi connectivity index (χ0n) is 12.7. The molecule has 0 bridgehead atoms. The minimum Gasteiger partial charge on any atom is -0.451 e. The summed E-state index contributed by atoms with van der Waals surface area (Å²) in [6.07, 6.45) is 1.34. The second-order valence-corrected chi connectivity index (χ2v) is 5.10. The number of amides is 1. The van der Waals surface area contributed by atoms with Gasteiger partial charge in [-0.1, -0.05) is 30.3 Å². The minimum absolute atomic E-state index is 0.0431. The lowest BCUT2D eigenvalue weighted by atomic mass is 10.1. The Kier molecular flexibility index (Phi) is 4.07. The van der Waals surface area contributed by atoms with Gasteiger partial charge in [0, 0.05) is 28.6 Å². The number of nitrogens with one attached hydrogen (secondary N) is 1. The van der Waals surface area contributed by atoms with Crippen molar-refractivity contribution in [2.24, 2.45) is 5.10 Å². The molecule has 1 heterocycles. The maximum atomic E-state index is 12.2. The molecule has 0 aliphatic carbocycles. The maximum absolute atomic E-state index is 12.2. The van der Waals surface area contributed by atoms with Gasteiger partial charge in [-0.25, -0.2) is 5.43 Å². The Morgan fingerprint density at radius 1 is 1.25 bits per heavy atom. The van der Waals surface area contributed by atoms with Crippen LogP contribution in [0.4, 0.5) is 5.69 Å². The van der Waals surface area contributed by atoms with Crippen molar-refractivity contribution in [3.63, 3.8) is 0 Å². The second-order valence-electron chi connectivity index (χ2n) is 5.10. The van der Waals surface area contributed by atoms with E-state index in [4.69, 9.17) is 4.42 Å². The SMILES string of the molecule is Cc1c(C(=O)N/N=C\c2cccc([N+](=O)[O-])c2)oc2ccccc12. The van der Waals surface area contributed by atoms with Gasteiger partial charge in [-0.3, -0.25) is 14.9 Å². The number of nitrogens with zero attached hydrogens (tertiary/aromatic N) is 2. The molecule has 0 radical (unpaired) electrons. The van der Waals surface area contributed by atoms with Crippen LogP contribution in [-0.2, 0) is 0 Å². The van der Waals surface area contributed by atoms with Crippen LogP contribution in [0.1, 0.15) is 21.7 Å². The van der Waals surface area contributed by atoms with Crippen LogP contribution in [0.2, 0.25) is 0 Å². The highest BCUT2D eigenvalue weighted by atomic mass is 16.6. The van der Waals surface area contributed by atoms with Crippen LogP contribution in [0.5, 0.6) is 0 Å². The minimum atomic E-state index is -0.492. The summed E-state index contributed by atoms with van der Waals surface area (Å²) in [5, 5.41) is 15.4. The van der Waals surface area contributed by atoms with E-state index in [0.717, 1.165) is 10.9 Å². The van der Waals surface area contributed by atoms with Crippen molar-refractivity contribution in [2.75, 3.05) is 0 Å². The van der Waals surface area contributed by atoms with Crippen molar-refractivity contribution in [3.05, 3.63) is 75.5 Å². The number of hydrogen-bond donors (Lipinski definition) is 1. The second kappa shape index (κ2) is 6.33. The number of benzene rings is 2. The fourth-order valence-corrected chi connectivity index (χ4v) is 2.33. The molecule has 120 valence electrons. The number of nitro groups is 1. The number of hydrazone groups is 1. The van der Waals surface area contributed by atoms with E-state index in [0.29, 0.717) is 11.1 Å². The first-order chi connectivity index (χ1) is 11.6. The Morgan fingerprint density at radius 3 is 2.79 bits per heavy atom. The van der Waals surface area contributed by atoms with Crippen molar-refractivity contribution < 1.29 is 14.1 Å². The predicted octanol–water partition coefficient (Wildman–Crippen LogP) is 3.41. The first-order valence-corrected chi connectivity index (χ1v) is 7.12. The Hall–Kier alpha value is -3.48. The van der Waals surface area contributed by atoms with Gasteiger partial charge in [0.05, 0.1) is 11.1 Å². The van der Waals surface area contributed by atoms with Gasteiger partial charge in [-0.15, -0.1) is 0 Å². The van der Waals surface area contributed by atoms with Crippen LogP contribution >= 0.6 is 0 Å². The molecule has 0 saturated carbocycles. The largest absolute Gasteiger partial charge is 0.451 e. The molecule has 1 N–H and O–H groups in total. The quantitative estimate of drug-likeness (QED) is 0.452. The van der Waals surface area contributed by atoms with Crippen LogP contribution in [0.3, 0.4) is 0 Å². The van der Waals surface area contributed by atoms with Gasteiger partial charge in [0.25, 0.3) is 5.69 Å². The van der Waals surface area contributed by atoms with Crippen LogP contribution in [-0.4, -0.2) is 17.0 Å². The molecule has 3 aromatic rings. The summed E-state index contributed by atoms with van der Waals surface area (Å²) in [7, 11) is 0. The Labute approximate surface area is 136 Å². The molecule has 0 atom stereocenters. The number of carbonyl (C=O) groups is 1. The average molecular weight is 323 g/mol. The normalized spacial score (nSPS) is 11.0. The number of fused-ring (bicyclic) bond motifs is 1. The summed E-state index contributed by atoms with van der Waals surface area (Å²) in [6, 6.07) is 13.3. The van der Waals surface area contributed by atoms with Crippen molar-refractivity contribution >= 4 is 28.8 Å². The number of hydrogen-bond acceptors (Lipinski definition) is 5. The molecule has 7 heteroatoms. The smallest absolute Gasteiger partial charge is 0.307 e. The molecule has 24 heavy (non-hydrogen) atoms. The molecular weight excluding hydrogens is 310 g/mol. The average Bonchev–Trinajstić information content (AvgIpc) is 2.92. The Balaban J connectivity index is 1.76. The van der Waals surface area contributed by atoms with Gasteiger partial charge in [-0.2, -0.15) is 5.10 Å². The number of rotatable bonds is 4. The molecule has 0 fully saturated rings. The zero-order chi connectivity index (χ0) is 17.1. The van der Waals surface area contributed by atoms with Crippen LogP contribution in [0.15, 0.2) is 58.0 Å². The van der Waals surface area contributed by atoms with Crippen molar-refractivity contribution in [2.45, 2.75) is 6.92 Å². The summed E-state index contributed by atoms with van der Waals surface area (Å²) in [5.74, 6) is -0.294. The molecular formula is C17H13N3O4. The van der Waals surface area contributed by atoms with Gasteiger partial charge in [0.15, 0.2) is 5.76 Å². The van der Waals surface area contributed by atoms with Gasteiger partial charge in [0.2, 0.25) is 0 Å². The highest BCUT2D eigenvalue weighted by molar-refractivity contribution is 5.99. The highest BCUT2D eigenvalue weighted by Gasteiger charge is 2.16. The van der Waals surface area contributed by atoms with Gasteiger partial charge < -0.3 is 4.42 Å². The third kappa shape index (κ3) is 3.00. The van der Waals surface area contributed by atoms with E-state index < -0.39 is 10.8 Å². The highest BCUT2D eigenvalue weighted by Crippen LogP contribution is 2.24. The van der Waals surface area contributed by atoms with E-state index in [1.165, 1.54) is 18.3 Å². The first-order valence-electron chi connectivity index (χ1n) is 7.12. The van der Waals surface area contributed by atoms with Crippen LogP contribution in [0, 0.1) is 17.0 Å². The van der Waals surface area contributed by atoms with Crippen molar-refractivity contribution in [1.29, 1.82) is 0 Å². The number of carbonyl (C=O) groups excluding carboxylic acids is 1. The van der Waals surface area contributed by atoms with E-state index in [1.807, 2.05) is 18.2 Å². The van der Waals surface area contributed by atoms with Crippen LogP contribution < -0.4 is 5.43 Å². The lowest BCUT2D eigenvalue weighted by molar-refractivity contribution is -0.384. The van der Waals surface area contributed by atoms with Crippen LogP contribution in [0.25, 0.3) is 11.0 Å². The first kappa shape index (κ1) is 15.4. The molecule has 0 unspecified atom stereocenters. The van der Waals surface area contributed by atoms with Gasteiger partial charge in [-0.05, 0) is 13.0 Å². The monoisotopic (exact) mass is 323 g/mol. The molecule has 1 amide bonds. The van der Waals surface area contributed by atoms with E-state index in [9.17, 15) is 14.9 Å². The fourth-order valence-electron chi connectivity index (χ4n) is 2.33. The predicted molar refractivity (Wildman–Crippen MR) is 89.1 cm³/mol. The number of furan rings is 1. The summed E-state index contributed by atoms with van der Waals surface area (Å²) >= 11 is 0. The Bertz CT molecular complexity index is 959. The fraction of sp³-hybridized carbons (Fsp3) is 0.0588. The van der Waals surface area contributed by atoms with Crippen molar-refractivity contribution in [1.82, 2.24) is 5.43 Å². The Morgan fingerprint density at radius 2 is 2.04 bits per heavy atom. The van der Waals surface area contributed by atoms with Crippen molar-refractivity contribution in [3.8, 4) is 0 Å². The van der Waals surface area contributed by atoms with E-state index in [1.54, 1.807) is 25.1 Å². The molecule has 0 saturated heterocycles. The summed E-state index contributed by atoms with van der Waals surface area (Å²) in [5.41, 5.74) is 4.18. The zero-order valence-corrected chi connectivity index (χ0v) is 12.7. The van der Waals surface area contributed by atoms with E-state index in [2.05, 4.69) is 10.5 Å². The van der Waals surface area contributed by atoms with Gasteiger partial charge >= 0.3 is 5.91 Å². The van der Waals surface area contributed by atoms with Gasteiger partial charge in [0.1, 0.15) is 5.58 Å². The third-order valence-corrected chi connectivity index (χ3v) is 3.51. The summed E-state index contributed by atoms with van der Waals surface area (Å²) in [4.78, 5) is 22.4. The summed E-state index contributed by atoms with van der Waals surface area (Å²) < 4.78 is 5.54. The molecule has 7 nitrogen and oxygen atoms in total. The lowest BCUT2D eigenvalue weighted by Gasteiger charge is -1.97. The molecule has 1 aromatic heterocycles. The standard InChI is InChI=1S/C17H13N3O4/c1-11-14-7-2-3-8-15(14)24-16(11)17(21)19-18-10-12-5-4-6-13(9-12)20(22)23/h2-10H,1H3,(H,19,21)/b18-10-.